The van der Waals surface area contributed by atoms with Gasteiger partial charge in [-0.25, -0.2) is 4.98 Å². The van der Waals surface area contributed by atoms with Gasteiger partial charge >= 0.3 is 21.1 Å². The predicted molar refractivity (Wildman–Crippen MR) is 285 cm³/mol. The van der Waals surface area contributed by atoms with Crippen LogP contribution in [-0.4, -0.2) is 20.0 Å². The first-order valence-corrected chi connectivity index (χ1v) is 24.2. The van der Waals surface area contributed by atoms with Gasteiger partial charge in [0, 0.05) is 28.2 Å². The van der Waals surface area contributed by atoms with Crippen molar-refractivity contribution in [3.05, 3.63) is 200 Å². The summed E-state index contributed by atoms with van der Waals surface area (Å²) < 4.78 is 4.68. The Labute approximate surface area is 420 Å². The molecular weight excluding hydrogens is 1020 g/mol. The summed E-state index contributed by atoms with van der Waals surface area (Å²) in [5.41, 5.74) is 25.5. The van der Waals surface area contributed by atoms with E-state index in [4.69, 9.17) is 9.98 Å². The van der Waals surface area contributed by atoms with Gasteiger partial charge in [-0.1, -0.05) is 109 Å². The average molecular weight is 1080 g/mol. The van der Waals surface area contributed by atoms with Gasteiger partial charge in [0.15, 0.2) is 0 Å². The molecule has 344 valence electrons. The van der Waals surface area contributed by atoms with E-state index in [0.29, 0.717) is 5.92 Å². The second-order valence-electron chi connectivity index (χ2n) is 20.7. The molecule has 69 heavy (non-hydrogen) atoms. The molecule has 2 aliphatic rings. The molecule has 1 aliphatic heterocycles. The molecule has 0 N–H and O–H groups in total. The van der Waals surface area contributed by atoms with Crippen LogP contribution in [0.25, 0.3) is 66.2 Å². The maximum Gasteiger partial charge on any atom is 2.00 e. The number of anilines is 1. The summed E-state index contributed by atoms with van der Waals surface area (Å²) >= 11 is 0. The van der Waals surface area contributed by atoms with E-state index in [1.165, 1.54) is 88.8 Å². The van der Waals surface area contributed by atoms with Crippen LogP contribution in [0, 0.1) is 74.4 Å². The third-order valence-electron chi connectivity index (χ3n) is 15.2. The second kappa shape index (κ2) is 16.0. The molecule has 1 aliphatic carbocycles. The number of rotatable bonds is 5. The minimum absolute atomic E-state index is 0. The van der Waals surface area contributed by atoms with Crippen molar-refractivity contribution in [1.82, 2.24) is 14.1 Å². The summed E-state index contributed by atoms with van der Waals surface area (Å²) in [4.78, 5) is 13.6. The number of aryl methyl sites for hydroxylation is 9. The first kappa shape index (κ1) is 44.9. The topological polar surface area (TPSA) is 38.4 Å². The van der Waals surface area contributed by atoms with E-state index >= 15 is 0 Å². The molecule has 7 aromatic carbocycles. The van der Waals surface area contributed by atoms with E-state index in [9.17, 15) is 0 Å². The molecule has 4 heterocycles. The van der Waals surface area contributed by atoms with Crippen molar-refractivity contribution in [3.8, 4) is 22.5 Å². The summed E-state index contributed by atoms with van der Waals surface area (Å²) in [7, 11) is 0. The van der Waals surface area contributed by atoms with Crippen LogP contribution in [0.3, 0.4) is 0 Å². The smallest absolute Gasteiger partial charge is 0.356 e. The van der Waals surface area contributed by atoms with Gasteiger partial charge in [-0.05, 0) is 160 Å². The zero-order valence-electron chi connectivity index (χ0n) is 41.7. The van der Waals surface area contributed by atoms with Crippen molar-refractivity contribution in [2.24, 2.45) is 4.99 Å². The number of amidine groups is 1. The van der Waals surface area contributed by atoms with Crippen molar-refractivity contribution in [2.75, 3.05) is 4.90 Å². The number of hydrogen-bond acceptors (Lipinski definition) is 3. The molecule has 0 saturated heterocycles. The number of pyridine rings is 1. The van der Waals surface area contributed by atoms with Crippen molar-refractivity contribution in [3.63, 3.8) is 0 Å². The van der Waals surface area contributed by atoms with Crippen LogP contribution < -0.4 is 4.90 Å². The van der Waals surface area contributed by atoms with Gasteiger partial charge < -0.3 is 19.0 Å². The maximum absolute atomic E-state index is 6.05. The summed E-state index contributed by atoms with van der Waals surface area (Å²) in [5, 5.41) is 4.69. The van der Waals surface area contributed by atoms with Crippen LogP contribution in [-0.2, 0) is 26.6 Å². The van der Waals surface area contributed by atoms with Crippen molar-refractivity contribution in [2.45, 2.75) is 101 Å². The largest absolute Gasteiger partial charge is 2.00 e. The molecule has 0 bridgehead atoms. The van der Waals surface area contributed by atoms with E-state index in [1.54, 1.807) is 0 Å². The predicted octanol–water partition coefficient (Wildman–Crippen LogP) is 15.7. The molecule has 5 nitrogen and oxygen atoms in total. The second-order valence-corrected chi connectivity index (χ2v) is 20.7. The van der Waals surface area contributed by atoms with E-state index in [-0.39, 0.29) is 27.1 Å². The van der Waals surface area contributed by atoms with E-state index in [1.807, 2.05) is 12.3 Å². The van der Waals surface area contributed by atoms with Crippen molar-refractivity contribution >= 4 is 55.3 Å². The fraction of sp³-hybridized carbons (Fsp3) is 0.238. The molecule has 10 aromatic rings. The first-order chi connectivity index (χ1) is 32.6. The number of aliphatic imine (C=N–C) groups is 1. The first-order valence-electron chi connectivity index (χ1n) is 24.2. The van der Waals surface area contributed by atoms with E-state index in [2.05, 4.69) is 212 Å². The Morgan fingerprint density at radius 1 is 0.580 bits per heavy atom. The zero-order chi connectivity index (χ0) is 47.2. The Bertz CT molecular complexity index is 3840. The minimum Gasteiger partial charge on any atom is -0.356 e. The Kier molecular flexibility index (Phi) is 10.4. The van der Waals surface area contributed by atoms with Gasteiger partial charge in [0.05, 0.1) is 22.9 Å². The van der Waals surface area contributed by atoms with Gasteiger partial charge in [0.25, 0.3) is 0 Å². The Morgan fingerprint density at radius 3 is 2.00 bits per heavy atom. The van der Waals surface area contributed by atoms with E-state index < -0.39 is 5.54 Å². The summed E-state index contributed by atoms with van der Waals surface area (Å²) in [6.07, 6.45) is 1.90. The van der Waals surface area contributed by atoms with Crippen LogP contribution in [0.2, 0.25) is 0 Å². The number of fused-ring (bicyclic) bond motifs is 12. The average Bonchev–Trinajstić information content (AvgIpc) is 3.91. The summed E-state index contributed by atoms with van der Waals surface area (Å²) in [6, 6.07) is 49.1. The van der Waals surface area contributed by atoms with Crippen molar-refractivity contribution in [1.29, 1.82) is 0 Å². The van der Waals surface area contributed by atoms with Gasteiger partial charge in [-0.3, -0.25) is 0 Å². The normalized spacial score (nSPS) is 16.4. The van der Waals surface area contributed by atoms with Crippen LogP contribution >= 0.6 is 0 Å². The fourth-order valence-corrected chi connectivity index (χ4v) is 12.4. The summed E-state index contributed by atoms with van der Waals surface area (Å²) in [6.45, 7) is 27.0. The molecule has 3 aromatic heterocycles. The number of nitrogens with zero attached hydrogens (tertiary/aromatic N) is 5. The zero-order valence-corrected chi connectivity index (χ0v) is 43.9. The van der Waals surface area contributed by atoms with E-state index in [0.717, 1.165) is 61.3 Å². The monoisotopic (exact) mass is 1080 g/mol. The van der Waals surface area contributed by atoms with Gasteiger partial charge in [-0.2, -0.15) is 6.07 Å². The molecule has 0 unspecified atom stereocenters. The van der Waals surface area contributed by atoms with Gasteiger partial charge in [0.2, 0.25) is 0 Å². The molecule has 0 radical (unpaired) electrons. The Morgan fingerprint density at radius 2 is 1.25 bits per heavy atom. The molecule has 6 heteroatoms. The maximum atomic E-state index is 6.05. The SMILES string of the molecule is Cc1cc(C)c(N2C(c3[c-]c(-n4c5[c-]c(-n6c7ccc(C(C)C)cc7c7cccnc76)ccc5c5cc(C)ccc54)c(C)cc3)=N[C@]3(C)c4cc(C)cc(C)c4-c4c(C)cc(C)cc4[C@H]23)c(C)c1.[Pt+2]. The quantitative estimate of drug-likeness (QED) is 0.161. The minimum atomic E-state index is -0.601. The fourth-order valence-electron chi connectivity index (χ4n) is 12.4. The molecule has 0 saturated carbocycles. The molecule has 0 amide bonds. The van der Waals surface area contributed by atoms with Crippen molar-refractivity contribution < 1.29 is 21.1 Å². The number of aromatic nitrogens is 3. The molecule has 0 spiro atoms. The summed E-state index contributed by atoms with van der Waals surface area (Å²) in [5.74, 6) is 1.35. The number of benzene rings is 7. The third-order valence-corrected chi connectivity index (χ3v) is 15.2. The Balaban J connectivity index is 0.00000520. The van der Waals surface area contributed by atoms with Crippen LogP contribution in [0.15, 0.2) is 120 Å². The Hall–Kier alpha value is -6.55. The number of hydrogen-bond donors (Lipinski definition) is 0. The van der Waals surface area contributed by atoms with Crippen LogP contribution in [0.1, 0.15) is 105 Å². The van der Waals surface area contributed by atoms with Gasteiger partial charge in [-0.15, -0.1) is 46.8 Å². The molecule has 0 fully saturated rings. The van der Waals surface area contributed by atoms with Crippen LogP contribution in [0.5, 0.6) is 0 Å². The molecular formula is C63H57N5Pt. The standard InChI is InChI=1S/C63H57N5.Pt/c1-34(2)44-18-22-53-50(31-44)48-14-13-23-64-62(48)66(53)46-19-20-47-49-28-35(3)15-21-54(49)67(56(47)33-46)55-32-45(17-16-39(55)7)61-65-63(12)52-30-38(6)25-41(9)58(52)57-40(8)24-37(5)29-51(57)60(63)68(61)59-42(10)26-36(4)27-43(59)11;/h13-31,34,60H,1-12H3;/q-2;+2/t60-,63+;/m0./s1. The molecule has 12 rings (SSSR count). The van der Waals surface area contributed by atoms with Crippen LogP contribution in [0.4, 0.5) is 5.69 Å². The molecule has 2 atom stereocenters. The third kappa shape index (κ3) is 6.60. The van der Waals surface area contributed by atoms with Gasteiger partial charge in [0.1, 0.15) is 5.65 Å².